The summed E-state index contributed by atoms with van der Waals surface area (Å²) in [7, 11) is 0. The second kappa shape index (κ2) is 6.55. The first kappa shape index (κ1) is 14.6. The molecule has 0 saturated carbocycles. The van der Waals surface area contributed by atoms with Crippen LogP contribution >= 0.6 is 0 Å². The summed E-state index contributed by atoms with van der Waals surface area (Å²) < 4.78 is 0. The molecule has 2 rings (SSSR count). The minimum absolute atomic E-state index is 0.0113. The molecule has 0 bridgehead atoms. The van der Waals surface area contributed by atoms with Gasteiger partial charge in [0.25, 0.3) is 0 Å². The van der Waals surface area contributed by atoms with Gasteiger partial charge in [0.1, 0.15) is 0 Å². The number of nitrogens with one attached hydrogen (secondary N) is 1. The second-order valence-electron chi connectivity index (χ2n) is 5.55. The summed E-state index contributed by atoms with van der Waals surface area (Å²) in [6, 6.07) is 8.17. The number of amides is 1. The number of rotatable bonds is 5. The summed E-state index contributed by atoms with van der Waals surface area (Å²) in [6.07, 6.45) is 3.17. The Bertz CT molecular complexity index is 498. The zero-order valence-corrected chi connectivity index (χ0v) is 11.8. The number of carboxylic acids is 1. The number of carbonyl (C=O) groups is 2. The topological polar surface area (TPSA) is 66.4 Å². The van der Waals surface area contributed by atoms with Crippen LogP contribution in [0.15, 0.2) is 24.3 Å². The van der Waals surface area contributed by atoms with Crippen LogP contribution in [0, 0.1) is 5.92 Å². The first-order valence-electron chi connectivity index (χ1n) is 7.15. The first-order chi connectivity index (χ1) is 9.56. The summed E-state index contributed by atoms with van der Waals surface area (Å²) in [5.41, 5.74) is 2.60. The summed E-state index contributed by atoms with van der Waals surface area (Å²) >= 11 is 0. The Hall–Kier alpha value is -1.84. The second-order valence-corrected chi connectivity index (χ2v) is 5.55. The van der Waals surface area contributed by atoms with E-state index >= 15 is 0 Å². The molecular formula is C16H21NO3. The van der Waals surface area contributed by atoms with Gasteiger partial charge in [0.2, 0.25) is 5.91 Å². The number of aryl methyl sites for hydroxylation is 1. The molecule has 1 aliphatic rings. The minimum Gasteiger partial charge on any atom is -0.481 e. The van der Waals surface area contributed by atoms with E-state index in [2.05, 4.69) is 17.4 Å². The van der Waals surface area contributed by atoms with Crippen molar-refractivity contribution in [3.8, 4) is 0 Å². The third-order valence-corrected chi connectivity index (χ3v) is 3.90. The van der Waals surface area contributed by atoms with Crippen molar-refractivity contribution in [1.29, 1.82) is 0 Å². The Kier molecular flexibility index (Phi) is 4.77. The number of hydrogen-bond acceptors (Lipinski definition) is 2. The molecule has 0 heterocycles. The van der Waals surface area contributed by atoms with Crippen LogP contribution in [0.1, 0.15) is 37.3 Å². The average molecular weight is 275 g/mol. The van der Waals surface area contributed by atoms with Crippen molar-refractivity contribution in [1.82, 2.24) is 5.32 Å². The molecule has 0 aliphatic heterocycles. The molecule has 1 aliphatic carbocycles. The van der Waals surface area contributed by atoms with E-state index in [4.69, 9.17) is 5.11 Å². The predicted octanol–water partition coefficient (Wildman–Crippen LogP) is 2.16. The van der Waals surface area contributed by atoms with E-state index in [0.717, 1.165) is 19.3 Å². The molecule has 2 N–H and O–H groups in total. The van der Waals surface area contributed by atoms with Gasteiger partial charge in [0.15, 0.2) is 0 Å². The Labute approximate surface area is 119 Å². The van der Waals surface area contributed by atoms with E-state index in [-0.39, 0.29) is 24.3 Å². The highest BCUT2D eigenvalue weighted by molar-refractivity contribution is 5.79. The van der Waals surface area contributed by atoms with E-state index in [1.54, 1.807) is 0 Å². The van der Waals surface area contributed by atoms with Crippen LogP contribution in [0.4, 0.5) is 0 Å². The number of carboxylic acid groups (broad SMARTS) is 1. The van der Waals surface area contributed by atoms with E-state index < -0.39 is 5.97 Å². The van der Waals surface area contributed by atoms with E-state index in [0.29, 0.717) is 6.42 Å². The molecule has 2 unspecified atom stereocenters. The fraction of sp³-hybridized carbons (Fsp3) is 0.500. The van der Waals surface area contributed by atoms with Gasteiger partial charge in [-0.15, -0.1) is 0 Å². The maximum Gasteiger partial charge on any atom is 0.303 e. The van der Waals surface area contributed by atoms with E-state index in [9.17, 15) is 9.59 Å². The third kappa shape index (κ3) is 3.83. The van der Waals surface area contributed by atoms with E-state index in [1.807, 2.05) is 19.1 Å². The molecule has 1 aromatic carbocycles. The molecule has 1 aromatic rings. The van der Waals surface area contributed by atoms with Crippen LogP contribution in [0.3, 0.4) is 0 Å². The number of fused-ring (bicyclic) bond motifs is 1. The lowest BCUT2D eigenvalue weighted by Crippen LogP contribution is -2.39. The number of aliphatic carboxylic acids is 1. The van der Waals surface area contributed by atoms with Crippen molar-refractivity contribution >= 4 is 11.9 Å². The normalized spacial score (nSPS) is 18.9. The molecule has 0 spiro atoms. The molecule has 0 fully saturated rings. The van der Waals surface area contributed by atoms with Crippen molar-refractivity contribution in [3.05, 3.63) is 35.4 Å². The zero-order chi connectivity index (χ0) is 14.5. The zero-order valence-electron chi connectivity index (χ0n) is 11.8. The fourth-order valence-electron chi connectivity index (χ4n) is 2.69. The van der Waals surface area contributed by atoms with Crippen molar-refractivity contribution in [2.75, 3.05) is 0 Å². The van der Waals surface area contributed by atoms with Crippen molar-refractivity contribution in [2.45, 2.75) is 45.1 Å². The van der Waals surface area contributed by atoms with Crippen molar-refractivity contribution < 1.29 is 14.7 Å². The Morgan fingerprint density at radius 3 is 2.75 bits per heavy atom. The molecule has 0 radical (unpaired) electrons. The van der Waals surface area contributed by atoms with Crippen molar-refractivity contribution in [3.63, 3.8) is 0 Å². The average Bonchev–Trinajstić information content (AvgIpc) is 2.44. The van der Waals surface area contributed by atoms with E-state index in [1.165, 1.54) is 11.1 Å². The number of hydrogen-bond donors (Lipinski definition) is 2. The van der Waals surface area contributed by atoms with Crippen LogP contribution in [-0.4, -0.2) is 23.0 Å². The highest BCUT2D eigenvalue weighted by Crippen LogP contribution is 2.25. The maximum absolute atomic E-state index is 12.2. The predicted molar refractivity (Wildman–Crippen MR) is 76.4 cm³/mol. The summed E-state index contributed by atoms with van der Waals surface area (Å²) in [5, 5.41) is 11.6. The summed E-state index contributed by atoms with van der Waals surface area (Å²) in [6.45, 7) is 1.86. The number of carbonyl (C=O) groups excluding carboxylic acids is 1. The molecular weight excluding hydrogens is 254 g/mol. The van der Waals surface area contributed by atoms with Gasteiger partial charge in [-0.2, -0.15) is 0 Å². The standard InChI is InChI=1S/C16H21NO3/c1-11(6-9-15(18)19)17-16(20)14-8-7-12-4-2-3-5-13(12)10-14/h2-5,11,14H,6-10H2,1H3,(H,17,20)(H,18,19). The fourth-order valence-corrected chi connectivity index (χ4v) is 2.69. The SMILES string of the molecule is CC(CCC(=O)O)NC(=O)C1CCc2ccccc2C1. The van der Waals surface area contributed by atoms with Gasteiger partial charge in [-0.25, -0.2) is 0 Å². The molecule has 0 aromatic heterocycles. The number of benzene rings is 1. The monoisotopic (exact) mass is 275 g/mol. The highest BCUT2D eigenvalue weighted by atomic mass is 16.4. The smallest absolute Gasteiger partial charge is 0.303 e. The maximum atomic E-state index is 12.2. The molecule has 4 nitrogen and oxygen atoms in total. The van der Waals surface area contributed by atoms with Crippen LogP contribution in [-0.2, 0) is 22.4 Å². The lowest BCUT2D eigenvalue weighted by molar-refractivity contribution is -0.137. The third-order valence-electron chi connectivity index (χ3n) is 3.90. The Balaban J connectivity index is 1.87. The first-order valence-corrected chi connectivity index (χ1v) is 7.15. The van der Waals surface area contributed by atoms with Gasteiger partial charge in [-0.1, -0.05) is 24.3 Å². The molecule has 2 atom stereocenters. The Morgan fingerprint density at radius 1 is 1.35 bits per heavy atom. The quantitative estimate of drug-likeness (QED) is 0.865. The molecule has 108 valence electrons. The van der Waals surface area contributed by atoms with Crippen LogP contribution in [0.2, 0.25) is 0 Å². The van der Waals surface area contributed by atoms with Crippen molar-refractivity contribution in [2.24, 2.45) is 5.92 Å². The highest BCUT2D eigenvalue weighted by Gasteiger charge is 2.25. The molecule has 1 amide bonds. The molecule has 4 heteroatoms. The van der Waals surface area contributed by atoms with Gasteiger partial charge in [0, 0.05) is 18.4 Å². The van der Waals surface area contributed by atoms with Gasteiger partial charge in [0.05, 0.1) is 0 Å². The van der Waals surface area contributed by atoms with Gasteiger partial charge in [-0.05, 0) is 43.7 Å². The lowest BCUT2D eigenvalue weighted by atomic mass is 9.83. The van der Waals surface area contributed by atoms with Crippen LogP contribution in [0.25, 0.3) is 0 Å². The summed E-state index contributed by atoms with van der Waals surface area (Å²) in [5.74, 6) is -0.757. The molecule has 0 saturated heterocycles. The lowest BCUT2D eigenvalue weighted by Gasteiger charge is -2.25. The van der Waals surface area contributed by atoms with Gasteiger partial charge >= 0.3 is 5.97 Å². The minimum atomic E-state index is -0.822. The molecule has 20 heavy (non-hydrogen) atoms. The van der Waals surface area contributed by atoms with Gasteiger partial charge < -0.3 is 10.4 Å². The largest absolute Gasteiger partial charge is 0.481 e. The Morgan fingerprint density at radius 2 is 2.05 bits per heavy atom. The summed E-state index contributed by atoms with van der Waals surface area (Å²) in [4.78, 5) is 22.7. The van der Waals surface area contributed by atoms with Gasteiger partial charge in [-0.3, -0.25) is 9.59 Å². The van der Waals surface area contributed by atoms with Crippen LogP contribution < -0.4 is 5.32 Å². The van der Waals surface area contributed by atoms with Crippen LogP contribution in [0.5, 0.6) is 0 Å².